The van der Waals surface area contributed by atoms with Gasteiger partial charge in [0.05, 0.1) is 30.6 Å². The standard InChI is InChI=1S/C10H8O4.C2H4O/c1-2-14-10(13)8-5-3-7(4-6-8)9(11)12;1-2-3-1/h2-6H,1H2,(H,11,12);1-2H2. The van der Waals surface area contributed by atoms with Crippen LogP contribution in [0.4, 0.5) is 0 Å². The number of epoxide rings is 1. The Hall–Kier alpha value is -2.14. The van der Waals surface area contributed by atoms with E-state index in [2.05, 4.69) is 16.1 Å². The maximum absolute atomic E-state index is 11.1. The van der Waals surface area contributed by atoms with E-state index in [0.29, 0.717) is 0 Å². The van der Waals surface area contributed by atoms with Gasteiger partial charge in [0.2, 0.25) is 0 Å². The predicted octanol–water partition coefficient (Wildman–Crippen LogP) is 1.70. The molecule has 1 aliphatic heterocycles. The summed E-state index contributed by atoms with van der Waals surface area (Å²) in [4.78, 5) is 21.6. The summed E-state index contributed by atoms with van der Waals surface area (Å²) in [5, 5.41) is 8.59. The SMILES string of the molecule is C1CO1.C=COC(=O)c1ccc(C(=O)O)cc1. The number of benzene rings is 1. The van der Waals surface area contributed by atoms with Crippen molar-refractivity contribution in [3.63, 3.8) is 0 Å². The van der Waals surface area contributed by atoms with Crippen LogP contribution >= 0.6 is 0 Å². The van der Waals surface area contributed by atoms with E-state index in [1.165, 1.54) is 24.3 Å². The van der Waals surface area contributed by atoms with Crippen molar-refractivity contribution in [3.05, 3.63) is 48.2 Å². The van der Waals surface area contributed by atoms with Crippen molar-refractivity contribution in [2.24, 2.45) is 0 Å². The molecule has 1 heterocycles. The average Bonchev–Trinajstić information content (AvgIpc) is 3.17. The van der Waals surface area contributed by atoms with Gasteiger partial charge in [0, 0.05) is 0 Å². The van der Waals surface area contributed by atoms with E-state index in [9.17, 15) is 9.59 Å². The Morgan fingerprint density at radius 1 is 1.24 bits per heavy atom. The molecular weight excluding hydrogens is 224 g/mol. The Balaban J connectivity index is 0.000000415. The molecular formula is C12H12O5. The molecule has 1 saturated heterocycles. The molecule has 1 aliphatic rings. The summed E-state index contributed by atoms with van der Waals surface area (Å²) >= 11 is 0. The molecule has 0 atom stereocenters. The van der Waals surface area contributed by atoms with Gasteiger partial charge in [-0.15, -0.1) is 0 Å². The third kappa shape index (κ3) is 4.94. The highest BCUT2D eigenvalue weighted by molar-refractivity contribution is 5.92. The summed E-state index contributed by atoms with van der Waals surface area (Å²) in [5.41, 5.74) is 0.412. The summed E-state index contributed by atoms with van der Waals surface area (Å²) in [6.45, 7) is 5.23. The van der Waals surface area contributed by atoms with Crippen LogP contribution in [-0.4, -0.2) is 30.3 Å². The monoisotopic (exact) mass is 236 g/mol. The van der Waals surface area contributed by atoms with Crippen LogP contribution in [0.1, 0.15) is 20.7 Å². The van der Waals surface area contributed by atoms with Crippen LogP contribution < -0.4 is 0 Å². The van der Waals surface area contributed by atoms with Gasteiger partial charge in [-0.3, -0.25) is 0 Å². The Kier molecular flexibility index (Phi) is 4.90. The average molecular weight is 236 g/mol. The Bertz CT molecular complexity index is 403. The minimum absolute atomic E-state index is 0.125. The lowest BCUT2D eigenvalue weighted by atomic mass is 10.1. The van der Waals surface area contributed by atoms with E-state index in [-0.39, 0.29) is 11.1 Å². The van der Waals surface area contributed by atoms with Crippen molar-refractivity contribution in [2.75, 3.05) is 13.2 Å². The zero-order chi connectivity index (χ0) is 12.7. The van der Waals surface area contributed by atoms with Gasteiger partial charge >= 0.3 is 11.9 Å². The van der Waals surface area contributed by atoms with E-state index < -0.39 is 11.9 Å². The maximum atomic E-state index is 11.1. The van der Waals surface area contributed by atoms with E-state index in [4.69, 9.17) is 5.11 Å². The van der Waals surface area contributed by atoms with Gasteiger partial charge in [0.1, 0.15) is 0 Å². The molecule has 0 aromatic heterocycles. The summed E-state index contributed by atoms with van der Waals surface area (Å²) in [6, 6.07) is 5.44. The first-order chi connectivity index (χ1) is 8.15. The molecule has 0 unspecified atom stereocenters. The number of carbonyl (C=O) groups is 2. The molecule has 1 aromatic carbocycles. The van der Waals surface area contributed by atoms with Crippen molar-refractivity contribution in [2.45, 2.75) is 0 Å². The molecule has 0 saturated carbocycles. The van der Waals surface area contributed by atoms with Crippen LogP contribution in [0.3, 0.4) is 0 Å². The molecule has 0 amide bonds. The van der Waals surface area contributed by atoms with Crippen LogP contribution in [0, 0.1) is 0 Å². The van der Waals surface area contributed by atoms with Gasteiger partial charge in [-0.05, 0) is 24.3 Å². The fourth-order valence-electron chi connectivity index (χ4n) is 0.893. The zero-order valence-electron chi connectivity index (χ0n) is 9.09. The summed E-state index contributed by atoms with van der Waals surface area (Å²) in [5.74, 6) is -1.59. The van der Waals surface area contributed by atoms with Crippen molar-refractivity contribution >= 4 is 11.9 Å². The maximum Gasteiger partial charge on any atom is 0.342 e. The molecule has 2 rings (SSSR count). The summed E-state index contributed by atoms with van der Waals surface area (Å²) in [7, 11) is 0. The number of esters is 1. The molecule has 1 fully saturated rings. The fraction of sp³-hybridized carbons (Fsp3) is 0.167. The third-order valence-corrected chi connectivity index (χ3v) is 1.76. The number of hydrogen-bond donors (Lipinski definition) is 1. The van der Waals surface area contributed by atoms with Gasteiger partial charge in [0.25, 0.3) is 0 Å². The second-order valence-electron chi connectivity index (χ2n) is 3.07. The molecule has 1 aromatic rings. The van der Waals surface area contributed by atoms with E-state index >= 15 is 0 Å². The summed E-state index contributed by atoms with van der Waals surface area (Å²) in [6.07, 6.45) is 1.02. The fourth-order valence-corrected chi connectivity index (χ4v) is 0.893. The van der Waals surface area contributed by atoms with Crippen LogP contribution in [0.15, 0.2) is 37.1 Å². The highest BCUT2D eigenvalue weighted by atomic mass is 16.6. The highest BCUT2D eigenvalue weighted by Gasteiger charge is 2.07. The largest absolute Gasteiger partial charge is 0.478 e. The first-order valence-electron chi connectivity index (χ1n) is 4.88. The molecule has 0 spiro atoms. The van der Waals surface area contributed by atoms with Gasteiger partial charge in [0.15, 0.2) is 0 Å². The zero-order valence-corrected chi connectivity index (χ0v) is 9.09. The second kappa shape index (κ2) is 6.44. The minimum atomic E-state index is -1.03. The van der Waals surface area contributed by atoms with E-state index in [1.54, 1.807) is 0 Å². The summed E-state index contributed by atoms with van der Waals surface area (Å²) < 4.78 is 9.01. The number of rotatable bonds is 3. The number of ether oxygens (including phenoxy) is 2. The van der Waals surface area contributed by atoms with Crippen LogP contribution in [0.25, 0.3) is 0 Å². The van der Waals surface area contributed by atoms with Crippen LogP contribution in [-0.2, 0) is 9.47 Å². The molecule has 1 N–H and O–H groups in total. The van der Waals surface area contributed by atoms with Crippen molar-refractivity contribution in [1.29, 1.82) is 0 Å². The number of carbonyl (C=O) groups excluding carboxylic acids is 1. The normalized spacial score (nSPS) is 11.8. The van der Waals surface area contributed by atoms with Gasteiger partial charge in [-0.2, -0.15) is 0 Å². The van der Waals surface area contributed by atoms with Crippen LogP contribution in [0.5, 0.6) is 0 Å². The van der Waals surface area contributed by atoms with E-state index in [0.717, 1.165) is 19.5 Å². The van der Waals surface area contributed by atoms with Crippen molar-refractivity contribution in [3.8, 4) is 0 Å². The predicted molar refractivity (Wildman–Crippen MR) is 59.8 cm³/mol. The topological polar surface area (TPSA) is 76.1 Å². The molecule has 0 radical (unpaired) electrons. The number of aromatic carboxylic acids is 1. The molecule has 17 heavy (non-hydrogen) atoms. The van der Waals surface area contributed by atoms with Gasteiger partial charge in [-0.1, -0.05) is 6.58 Å². The Morgan fingerprint density at radius 2 is 1.71 bits per heavy atom. The molecule has 5 nitrogen and oxygen atoms in total. The lowest BCUT2D eigenvalue weighted by Gasteiger charge is -1.99. The van der Waals surface area contributed by atoms with Crippen molar-refractivity contribution in [1.82, 2.24) is 0 Å². The lowest BCUT2D eigenvalue weighted by molar-refractivity contribution is 0.0658. The van der Waals surface area contributed by atoms with Crippen molar-refractivity contribution < 1.29 is 24.2 Å². The third-order valence-electron chi connectivity index (χ3n) is 1.76. The van der Waals surface area contributed by atoms with Crippen LogP contribution in [0.2, 0.25) is 0 Å². The highest BCUT2D eigenvalue weighted by Crippen LogP contribution is 2.05. The van der Waals surface area contributed by atoms with Gasteiger partial charge < -0.3 is 14.6 Å². The Labute approximate surface area is 98.3 Å². The molecule has 0 bridgehead atoms. The molecule has 5 heteroatoms. The first-order valence-corrected chi connectivity index (χ1v) is 4.88. The number of carboxylic acid groups (broad SMARTS) is 1. The smallest absolute Gasteiger partial charge is 0.342 e. The quantitative estimate of drug-likeness (QED) is 0.491. The molecule has 0 aliphatic carbocycles. The number of carboxylic acids is 1. The Morgan fingerprint density at radius 3 is 2.06 bits per heavy atom. The first kappa shape index (κ1) is 12.9. The van der Waals surface area contributed by atoms with E-state index in [1.807, 2.05) is 0 Å². The number of hydrogen-bond acceptors (Lipinski definition) is 4. The second-order valence-corrected chi connectivity index (χ2v) is 3.07. The lowest BCUT2D eigenvalue weighted by Crippen LogP contribution is -2.02. The van der Waals surface area contributed by atoms with Gasteiger partial charge in [-0.25, -0.2) is 9.59 Å². The molecule has 90 valence electrons. The minimum Gasteiger partial charge on any atom is -0.478 e.